The smallest absolute Gasteiger partial charge is 0.410 e. The van der Waals surface area contributed by atoms with Crippen molar-refractivity contribution in [2.24, 2.45) is 0 Å². The Hall–Kier alpha value is -1.35. The van der Waals surface area contributed by atoms with Gasteiger partial charge in [-0.2, -0.15) is 8.42 Å². The Balaban J connectivity index is 2.41. The van der Waals surface area contributed by atoms with Gasteiger partial charge in [0.1, 0.15) is 12.2 Å². The molecular formula is C12H22N2O6S. The topological polar surface area (TPSA) is 93.2 Å². The molecule has 0 atom stereocenters. The summed E-state index contributed by atoms with van der Waals surface area (Å²) >= 11 is 0. The van der Waals surface area contributed by atoms with E-state index in [1.807, 2.05) is 0 Å². The molecule has 122 valence electrons. The second kappa shape index (κ2) is 6.61. The molecule has 0 aliphatic carbocycles. The van der Waals surface area contributed by atoms with E-state index in [9.17, 15) is 18.0 Å². The summed E-state index contributed by atoms with van der Waals surface area (Å²) in [6.45, 7) is 6.19. The number of hydrogen-bond acceptors (Lipinski definition) is 6. The van der Waals surface area contributed by atoms with Crippen molar-refractivity contribution >= 4 is 22.1 Å². The summed E-state index contributed by atoms with van der Waals surface area (Å²) in [5.41, 5.74) is -0.562. The van der Waals surface area contributed by atoms with Crippen molar-refractivity contribution in [2.45, 2.75) is 26.4 Å². The van der Waals surface area contributed by atoms with Crippen LogP contribution in [0.4, 0.5) is 4.79 Å². The molecule has 0 aromatic rings. The van der Waals surface area contributed by atoms with E-state index in [1.165, 1.54) is 9.80 Å². The average Bonchev–Trinajstić information content (AvgIpc) is 2.33. The van der Waals surface area contributed by atoms with Crippen molar-refractivity contribution in [3.8, 4) is 0 Å². The third-order valence-electron chi connectivity index (χ3n) is 2.68. The van der Waals surface area contributed by atoms with Crippen molar-refractivity contribution in [3.05, 3.63) is 0 Å². The molecule has 0 bridgehead atoms. The number of carbonyl (C=O) groups excluding carboxylic acids is 2. The summed E-state index contributed by atoms with van der Waals surface area (Å²) in [4.78, 5) is 26.6. The van der Waals surface area contributed by atoms with Gasteiger partial charge < -0.3 is 14.5 Å². The molecule has 21 heavy (non-hydrogen) atoms. The average molecular weight is 322 g/mol. The molecule has 1 heterocycles. The van der Waals surface area contributed by atoms with Crippen LogP contribution in [0.25, 0.3) is 0 Å². The maximum Gasteiger partial charge on any atom is 0.410 e. The van der Waals surface area contributed by atoms with Crippen LogP contribution >= 0.6 is 0 Å². The Morgan fingerprint density at radius 2 is 1.52 bits per heavy atom. The van der Waals surface area contributed by atoms with E-state index in [-0.39, 0.29) is 0 Å². The van der Waals surface area contributed by atoms with E-state index in [0.29, 0.717) is 26.2 Å². The first kappa shape index (κ1) is 17.7. The molecule has 1 saturated heterocycles. The first-order valence-electron chi connectivity index (χ1n) is 6.58. The maximum atomic E-state index is 11.8. The molecule has 9 heteroatoms. The number of piperazine rings is 1. The van der Waals surface area contributed by atoms with Crippen LogP contribution in [-0.2, 0) is 23.8 Å². The van der Waals surface area contributed by atoms with Gasteiger partial charge in [-0.05, 0) is 20.8 Å². The van der Waals surface area contributed by atoms with Gasteiger partial charge in [-0.15, -0.1) is 0 Å². The zero-order chi connectivity index (χ0) is 16.3. The second-order valence-corrected chi connectivity index (χ2v) is 7.46. The van der Waals surface area contributed by atoms with E-state index in [4.69, 9.17) is 4.74 Å². The Labute approximate surface area is 125 Å². The van der Waals surface area contributed by atoms with Crippen LogP contribution in [0.3, 0.4) is 0 Å². The fraction of sp³-hybridized carbons (Fsp3) is 0.833. The number of ether oxygens (including phenoxy) is 1. The van der Waals surface area contributed by atoms with Gasteiger partial charge >= 0.3 is 6.09 Å². The minimum absolute atomic E-state index is 0.325. The largest absolute Gasteiger partial charge is 0.444 e. The molecule has 1 aliphatic rings. The van der Waals surface area contributed by atoms with Crippen molar-refractivity contribution in [2.75, 3.05) is 39.0 Å². The van der Waals surface area contributed by atoms with Gasteiger partial charge in [-0.25, -0.2) is 4.79 Å². The lowest BCUT2D eigenvalue weighted by atomic mass is 10.2. The fourth-order valence-corrected chi connectivity index (χ4v) is 2.03. The maximum absolute atomic E-state index is 11.8. The zero-order valence-electron chi connectivity index (χ0n) is 12.8. The molecule has 0 spiro atoms. The van der Waals surface area contributed by atoms with Gasteiger partial charge in [-0.1, -0.05) is 0 Å². The summed E-state index contributed by atoms with van der Waals surface area (Å²) in [6, 6.07) is 0. The predicted molar refractivity (Wildman–Crippen MR) is 75.2 cm³/mol. The monoisotopic (exact) mass is 322 g/mol. The number of amides is 2. The molecule has 1 rings (SSSR count). The van der Waals surface area contributed by atoms with Gasteiger partial charge in [0, 0.05) is 26.2 Å². The SMILES string of the molecule is CC(C)(C)OC(=O)N1CCN(C(=O)COS(C)(=O)=O)CC1. The minimum Gasteiger partial charge on any atom is -0.444 e. The summed E-state index contributed by atoms with van der Waals surface area (Å²) in [6.07, 6.45) is 0.475. The van der Waals surface area contributed by atoms with Crippen molar-refractivity contribution in [1.82, 2.24) is 9.80 Å². The second-order valence-electron chi connectivity index (χ2n) is 5.81. The highest BCUT2D eigenvalue weighted by molar-refractivity contribution is 7.86. The van der Waals surface area contributed by atoms with Crippen LogP contribution in [-0.4, -0.2) is 74.9 Å². The summed E-state index contributed by atoms with van der Waals surface area (Å²) in [5, 5.41) is 0. The summed E-state index contributed by atoms with van der Waals surface area (Å²) in [7, 11) is -3.63. The van der Waals surface area contributed by atoms with E-state index in [1.54, 1.807) is 20.8 Å². The first-order chi connectivity index (χ1) is 9.48. The molecule has 1 fully saturated rings. The molecule has 0 aromatic carbocycles. The molecule has 1 aliphatic heterocycles. The third-order valence-corrected chi connectivity index (χ3v) is 3.23. The van der Waals surface area contributed by atoms with Crippen molar-refractivity contribution in [1.29, 1.82) is 0 Å². The Morgan fingerprint density at radius 3 is 1.95 bits per heavy atom. The Bertz CT molecular complexity index is 488. The quantitative estimate of drug-likeness (QED) is 0.681. The van der Waals surface area contributed by atoms with Crippen LogP contribution in [0.5, 0.6) is 0 Å². The van der Waals surface area contributed by atoms with Gasteiger partial charge in [0.15, 0.2) is 0 Å². The lowest BCUT2D eigenvalue weighted by Gasteiger charge is -2.35. The van der Waals surface area contributed by atoms with E-state index >= 15 is 0 Å². The van der Waals surface area contributed by atoms with Crippen LogP contribution in [0.2, 0.25) is 0 Å². The molecule has 2 amide bonds. The summed E-state index contributed by atoms with van der Waals surface area (Å²) < 4.78 is 31.4. The summed E-state index contributed by atoms with van der Waals surface area (Å²) in [5.74, 6) is -0.413. The highest BCUT2D eigenvalue weighted by atomic mass is 32.2. The predicted octanol–water partition coefficient (Wildman–Crippen LogP) is 0.0419. The van der Waals surface area contributed by atoms with Gasteiger partial charge in [0.2, 0.25) is 5.91 Å². The van der Waals surface area contributed by atoms with E-state index in [2.05, 4.69) is 4.18 Å². The van der Waals surface area contributed by atoms with Crippen LogP contribution in [0.15, 0.2) is 0 Å². The lowest BCUT2D eigenvalue weighted by molar-refractivity contribution is -0.135. The van der Waals surface area contributed by atoms with E-state index in [0.717, 1.165) is 6.26 Å². The number of carbonyl (C=O) groups is 2. The van der Waals surface area contributed by atoms with E-state index < -0.39 is 34.3 Å². The zero-order valence-corrected chi connectivity index (χ0v) is 13.6. The van der Waals surface area contributed by atoms with Gasteiger partial charge in [-0.3, -0.25) is 8.98 Å². The third kappa shape index (κ3) is 6.76. The Morgan fingerprint density at radius 1 is 1.05 bits per heavy atom. The number of rotatable bonds is 3. The molecule has 0 aromatic heterocycles. The van der Waals surface area contributed by atoms with Gasteiger partial charge in [0.25, 0.3) is 10.1 Å². The number of hydrogen-bond donors (Lipinski definition) is 0. The molecule has 0 unspecified atom stereocenters. The van der Waals surface area contributed by atoms with Crippen molar-refractivity contribution < 1.29 is 26.9 Å². The number of nitrogens with zero attached hydrogens (tertiary/aromatic N) is 2. The van der Waals surface area contributed by atoms with Crippen LogP contribution < -0.4 is 0 Å². The molecule has 0 N–H and O–H groups in total. The Kier molecular flexibility index (Phi) is 5.57. The highest BCUT2D eigenvalue weighted by Gasteiger charge is 2.27. The molecule has 8 nitrogen and oxygen atoms in total. The lowest BCUT2D eigenvalue weighted by Crippen LogP contribution is -2.52. The first-order valence-corrected chi connectivity index (χ1v) is 8.40. The highest BCUT2D eigenvalue weighted by Crippen LogP contribution is 2.12. The van der Waals surface area contributed by atoms with Crippen LogP contribution in [0.1, 0.15) is 20.8 Å². The normalized spacial score (nSPS) is 16.8. The van der Waals surface area contributed by atoms with Crippen molar-refractivity contribution in [3.63, 3.8) is 0 Å². The fourth-order valence-electron chi connectivity index (χ4n) is 1.71. The van der Waals surface area contributed by atoms with Gasteiger partial charge in [0.05, 0.1) is 6.26 Å². The standard InChI is InChI=1S/C12H22N2O6S/c1-12(2,3)20-11(16)14-7-5-13(6-8-14)10(15)9-19-21(4,17)18/h5-9H2,1-4H3. The molecule has 0 radical (unpaired) electrons. The minimum atomic E-state index is -3.63. The molecule has 0 saturated carbocycles. The molecular weight excluding hydrogens is 300 g/mol. The van der Waals surface area contributed by atoms with Crippen LogP contribution in [0, 0.1) is 0 Å².